The van der Waals surface area contributed by atoms with Crippen LogP contribution < -0.4 is 0 Å². The SMILES string of the molecule is O=C(O)CSc1n[nH]c(-c2ccc(-c3ccccc3Cl)o2)n1. The van der Waals surface area contributed by atoms with E-state index in [1.807, 2.05) is 18.2 Å². The van der Waals surface area contributed by atoms with Gasteiger partial charge in [-0.3, -0.25) is 9.89 Å². The zero-order valence-corrected chi connectivity index (χ0v) is 12.7. The van der Waals surface area contributed by atoms with Gasteiger partial charge in [0.15, 0.2) is 11.6 Å². The number of thioether (sulfide) groups is 1. The third-order valence-electron chi connectivity index (χ3n) is 2.77. The molecule has 0 aliphatic rings. The average Bonchev–Trinajstić information content (AvgIpc) is 3.14. The summed E-state index contributed by atoms with van der Waals surface area (Å²) in [5, 5.41) is 16.3. The first-order valence-electron chi connectivity index (χ1n) is 6.25. The number of carboxylic acids is 1. The molecule has 22 heavy (non-hydrogen) atoms. The van der Waals surface area contributed by atoms with Gasteiger partial charge in [-0.05, 0) is 24.3 Å². The number of aromatic amines is 1. The molecule has 2 heterocycles. The molecule has 3 rings (SSSR count). The number of hydrogen-bond acceptors (Lipinski definition) is 5. The molecule has 112 valence electrons. The van der Waals surface area contributed by atoms with Crippen molar-refractivity contribution >= 4 is 29.3 Å². The van der Waals surface area contributed by atoms with Gasteiger partial charge in [0.05, 0.1) is 10.8 Å². The molecule has 8 heteroatoms. The molecule has 0 radical (unpaired) electrons. The summed E-state index contributed by atoms with van der Waals surface area (Å²) in [6.45, 7) is 0. The molecular weight excluding hydrogens is 326 g/mol. The minimum Gasteiger partial charge on any atom is -0.481 e. The second-order valence-electron chi connectivity index (χ2n) is 4.29. The molecule has 6 nitrogen and oxygen atoms in total. The maximum absolute atomic E-state index is 10.5. The lowest BCUT2D eigenvalue weighted by Crippen LogP contribution is -1.97. The molecule has 0 aliphatic heterocycles. The van der Waals surface area contributed by atoms with Crippen LogP contribution >= 0.6 is 23.4 Å². The smallest absolute Gasteiger partial charge is 0.313 e. The van der Waals surface area contributed by atoms with E-state index in [0.29, 0.717) is 27.5 Å². The number of nitrogens with zero attached hydrogens (tertiary/aromatic N) is 2. The Hall–Kier alpha value is -2.25. The van der Waals surface area contributed by atoms with Gasteiger partial charge < -0.3 is 9.52 Å². The van der Waals surface area contributed by atoms with Crippen LogP contribution in [0.25, 0.3) is 22.9 Å². The fourth-order valence-electron chi connectivity index (χ4n) is 1.82. The highest BCUT2D eigenvalue weighted by Crippen LogP contribution is 2.31. The van der Waals surface area contributed by atoms with Crippen molar-refractivity contribution in [3.8, 4) is 22.9 Å². The van der Waals surface area contributed by atoms with Gasteiger partial charge in [0.25, 0.3) is 0 Å². The third-order valence-corrected chi connectivity index (χ3v) is 3.93. The van der Waals surface area contributed by atoms with Crippen molar-refractivity contribution in [2.75, 3.05) is 5.75 Å². The average molecular weight is 336 g/mol. The molecule has 1 aromatic carbocycles. The van der Waals surface area contributed by atoms with Crippen LogP contribution in [0.1, 0.15) is 0 Å². The molecule has 0 amide bonds. The lowest BCUT2D eigenvalue weighted by atomic mass is 10.2. The highest BCUT2D eigenvalue weighted by molar-refractivity contribution is 7.99. The number of hydrogen-bond donors (Lipinski definition) is 2. The first-order valence-corrected chi connectivity index (χ1v) is 7.62. The minimum atomic E-state index is -0.921. The number of nitrogens with one attached hydrogen (secondary N) is 1. The van der Waals surface area contributed by atoms with Crippen LogP contribution in [-0.2, 0) is 4.79 Å². The van der Waals surface area contributed by atoms with E-state index < -0.39 is 5.97 Å². The van der Waals surface area contributed by atoms with Crippen LogP contribution in [0.2, 0.25) is 5.02 Å². The van der Waals surface area contributed by atoms with Crippen molar-refractivity contribution in [1.82, 2.24) is 15.2 Å². The Labute approximate surface area is 134 Å². The molecule has 0 saturated carbocycles. The summed E-state index contributed by atoms with van der Waals surface area (Å²) < 4.78 is 5.73. The van der Waals surface area contributed by atoms with Gasteiger partial charge in [-0.25, -0.2) is 0 Å². The van der Waals surface area contributed by atoms with Crippen molar-refractivity contribution in [3.05, 3.63) is 41.4 Å². The van der Waals surface area contributed by atoms with Gasteiger partial charge in [-0.1, -0.05) is 35.5 Å². The Balaban J connectivity index is 1.82. The van der Waals surface area contributed by atoms with E-state index in [1.165, 1.54) is 0 Å². The van der Waals surface area contributed by atoms with Crippen LogP contribution in [0.4, 0.5) is 0 Å². The van der Waals surface area contributed by atoms with E-state index in [9.17, 15) is 4.79 Å². The fraction of sp³-hybridized carbons (Fsp3) is 0.0714. The van der Waals surface area contributed by atoms with Gasteiger partial charge in [0, 0.05) is 5.56 Å². The summed E-state index contributed by atoms with van der Waals surface area (Å²) in [4.78, 5) is 14.7. The van der Waals surface area contributed by atoms with Gasteiger partial charge in [0.1, 0.15) is 5.76 Å². The largest absolute Gasteiger partial charge is 0.481 e. The fourth-order valence-corrected chi connectivity index (χ4v) is 2.57. The summed E-state index contributed by atoms with van der Waals surface area (Å²) in [5.74, 6) is 0.545. The zero-order chi connectivity index (χ0) is 15.5. The summed E-state index contributed by atoms with van der Waals surface area (Å²) in [7, 11) is 0. The Morgan fingerprint density at radius 3 is 2.82 bits per heavy atom. The third kappa shape index (κ3) is 3.15. The van der Waals surface area contributed by atoms with Gasteiger partial charge in [-0.2, -0.15) is 4.98 Å². The maximum Gasteiger partial charge on any atom is 0.313 e. The number of halogens is 1. The van der Waals surface area contributed by atoms with Crippen molar-refractivity contribution in [2.24, 2.45) is 0 Å². The molecule has 0 fully saturated rings. The summed E-state index contributed by atoms with van der Waals surface area (Å²) in [6, 6.07) is 10.9. The maximum atomic E-state index is 10.5. The molecule has 3 aromatic rings. The van der Waals surface area contributed by atoms with E-state index in [4.69, 9.17) is 21.1 Å². The van der Waals surface area contributed by atoms with Crippen LogP contribution in [0, 0.1) is 0 Å². The normalized spacial score (nSPS) is 10.8. The number of aromatic nitrogens is 3. The number of furan rings is 1. The number of H-pyrrole nitrogens is 1. The monoisotopic (exact) mass is 335 g/mol. The van der Waals surface area contributed by atoms with Crippen molar-refractivity contribution in [1.29, 1.82) is 0 Å². The van der Waals surface area contributed by atoms with Gasteiger partial charge in [0.2, 0.25) is 5.16 Å². The minimum absolute atomic E-state index is 0.0969. The standard InChI is InChI=1S/C14H10ClN3O3S/c15-9-4-2-1-3-8(9)10-5-6-11(21-10)13-16-14(18-17-13)22-7-12(19)20/h1-6H,7H2,(H,19,20)(H,16,17,18). The first-order chi connectivity index (χ1) is 10.6. The molecule has 0 aliphatic carbocycles. The second kappa shape index (κ2) is 6.25. The van der Waals surface area contributed by atoms with E-state index in [-0.39, 0.29) is 5.75 Å². The molecule has 0 spiro atoms. The summed E-state index contributed by atoms with van der Waals surface area (Å²) in [5.41, 5.74) is 0.787. The number of rotatable bonds is 5. The quantitative estimate of drug-likeness (QED) is 0.692. The van der Waals surface area contributed by atoms with Crippen LogP contribution in [0.5, 0.6) is 0 Å². The highest BCUT2D eigenvalue weighted by atomic mass is 35.5. The molecular formula is C14H10ClN3O3S. The predicted molar refractivity (Wildman–Crippen MR) is 82.9 cm³/mol. The Kier molecular flexibility index (Phi) is 4.17. The van der Waals surface area contributed by atoms with E-state index in [2.05, 4.69) is 15.2 Å². The molecule has 2 aromatic heterocycles. The van der Waals surface area contributed by atoms with E-state index in [1.54, 1.807) is 18.2 Å². The zero-order valence-electron chi connectivity index (χ0n) is 11.1. The van der Waals surface area contributed by atoms with Crippen molar-refractivity contribution < 1.29 is 14.3 Å². The van der Waals surface area contributed by atoms with Crippen LogP contribution in [0.3, 0.4) is 0 Å². The topological polar surface area (TPSA) is 92.0 Å². The lowest BCUT2D eigenvalue weighted by Gasteiger charge is -1.99. The highest BCUT2D eigenvalue weighted by Gasteiger charge is 2.13. The predicted octanol–water partition coefficient (Wildman–Crippen LogP) is 3.56. The molecule has 0 bridgehead atoms. The summed E-state index contributed by atoms with van der Waals surface area (Å²) >= 11 is 7.17. The van der Waals surface area contributed by atoms with Crippen molar-refractivity contribution in [3.63, 3.8) is 0 Å². The second-order valence-corrected chi connectivity index (χ2v) is 5.64. The number of aliphatic carboxylic acids is 1. The van der Waals surface area contributed by atoms with E-state index in [0.717, 1.165) is 17.3 Å². The lowest BCUT2D eigenvalue weighted by molar-refractivity contribution is -0.133. The molecule has 2 N–H and O–H groups in total. The summed E-state index contributed by atoms with van der Waals surface area (Å²) in [6.07, 6.45) is 0. The Bertz CT molecular complexity index is 815. The Morgan fingerprint density at radius 1 is 1.27 bits per heavy atom. The van der Waals surface area contributed by atoms with Crippen molar-refractivity contribution in [2.45, 2.75) is 5.16 Å². The van der Waals surface area contributed by atoms with Gasteiger partial charge >= 0.3 is 5.97 Å². The first kappa shape index (κ1) is 14.7. The van der Waals surface area contributed by atoms with Gasteiger partial charge in [-0.15, -0.1) is 5.10 Å². The molecule has 0 saturated heterocycles. The van der Waals surface area contributed by atoms with Crippen LogP contribution in [-0.4, -0.2) is 32.0 Å². The van der Waals surface area contributed by atoms with Crippen LogP contribution in [0.15, 0.2) is 46.0 Å². The molecule has 0 atom stereocenters. The molecule has 0 unspecified atom stereocenters. The number of carbonyl (C=O) groups is 1. The number of benzene rings is 1. The number of carboxylic acid groups (broad SMARTS) is 1. The Morgan fingerprint density at radius 2 is 2.05 bits per heavy atom. The van der Waals surface area contributed by atoms with E-state index >= 15 is 0 Å².